The average molecular weight is 307 g/mol. The molecule has 0 saturated heterocycles. The molecule has 21 heavy (non-hydrogen) atoms. The number of allylic oxidation sites excluding steroid dienone is 2. The number of halogens is 1. The number of nitrogens with zero attached hydrogens (tertiary/aromatic N) is 2. The van der Waals surface area contributed by atoms with Crippen LogP contribution in [0.4, 0.5) is 0 Å². The molecule has 1 aromatic heterocycles. The third kappa shape index (κ3) is 2.08. The molecule has 0 saturated carbocycles. The van der Waals surface area contributed by atoms with Gasteiger partial charge in [0, 0.05) is 17.4 Å². The van der Waals surface area contributed by atoms with E-state index in [0.29, 0.717) is 34.3 Å². The standard InChI is InChI=1S/C14H11ClN2O4/c1-21-14-8-3-5-11(18)12(15)13(8)16-10-4-2-7(17(19)20)6-9(10)14/h2-3,5,18H,4,6H2,1H3. The van der Waals surface area contributed by atoms with Crippen LogP contribution in [0.5, 0.6) is 11.5 Å². The molecule has 1 heterocycles. The molecular weight excluding hydrogens is 296 g/mol. The summed E-state index contributed by atoms with van der Waals surface area (Å²) in [5.74, 6) is 0.459. The molecule has 108 valence electrons. The number of nitro groups is 1. The van der Waals surface area contributed by atoms with E-state index in [0.717, 1.165) is 0 Å². The third-order valence-corrected chi connectivity index (χ3v) is 3.91. The summed E-state index contributed by atoms with van der Waals surface area (Å²) in [4.78, 5) is 15.0. The van der Waals surface area contributed by atoms with Crippen molar-refractivity contribution < 1.29 is 14.8 Å². The SMILES string of the molecule is COc1c2c(nc3c(Cl)c(O)ccc13)CC=C([N+](=O)[O-])C2. The van der Waals surface area contributed by atoms with Gasteiger partial charge in [-0.15, -0.1) is 0 Å². The van der Waals surface area contributed by atoms with Crippen molar-refractivity contribution in [1.82, 2.24) is 4.98 Å². The molecule has 1 aliphatic rings. The number of hydrogen-bond acceptors (Lipinski definition) is 5. The number of fused-ring (bicyclic) bond motifs is 2. The van der Waals surface area contributed by atoms with Crippen molar-refractivity contribution in [3.8, 4) is 11.5 Å². The van der Waals surface area contributed by atoms with Gasteiger partial charge in [-0.1, -0.05) is 11.6 Å². The summed E-state index contributed by atoms with van der Waals surface area (Å²) in [6.07, 6.45) is 2.04. The maximum absolute atomic E-state index is 10.9. The molecular formula is C14H11ClN2O4. The Morgan fingerprint density at radius 1 is 1.48 bits per heavy atom. The summed E-state index contributed by atoms with van der Waals surface area (Å²) >= 11 is 6.08. The lowest BCUT2D eigenvalue weighted by molar-refractivity contribution is -0.427. The van der Waals surface area contributed by atoms with Crippen LogP contribution in [0.15, 0.2) is 23.9 Å². The Kier molecular flexibility index (Phi) is 3.17. The molecule has 7 heteroatoms. The van der Waals surface area contributed by atoms with Crippen LogP contribution < -0.4 is 4.74 Å². The summed E-state index contributed by atoms with van der Waals surface area (Å²) < 4.78 is 5.42. The number of methoxy groups -OCH3 is 1. The fraction of sp³-hybridized carbons (Fsp3) is 0.214. The van der Waals surface area contributed by atoms with Crippen molar-refractivity contribution in [2.45, 2.75) is 12.8 Å². The lowest BCUT2D eigenvalue weighted by Gasteiger charge is -2.18. The first kappa shape index (κ1) is 13.6. The number of phenolic OH excluding ortho intramolecular Hbond substituents is 1. The first-order valence-corrected chi connectivity index (χ1v) is 6.61. The highest BCUT2D eigenvalue weighted by molar-refractivity contribution is 6.36. The van der Waals surface area contributed by atoms with Crippen molar-refractivity contribution in [3.05, 3.63) is 50.3 Å². The van der Waals surface area contributed by atoms with Gasteiger partial charge < -0.3 is 9.84 Å². The Bertz CT molecular complexity index is 801. The highest BCUT2D eigenvalue weighted by atomic mass is 35.5. The molecule has 0 spiro atoms. The van der Waals surface area contributed by atoms with Crippen LogP contribution in [0, 0.1) is 10.1 Å². The Morgan fingerprint density at radius 2 is 2.24 bits per heavy atom. The van der Waals surface area contributed by atoms with E-state index >= 15 is 0 Å². The predicted molar refractivity (Wildman–Crippen MR) is 77.5 cm³/mol. The summed E-state index contributed by atoms with van der Waals surface area (Å²) in [7, 11) is 1.50. The first-order valence-electron chi connectivity index (χ1n) is 6.23. The predicted octanol–water partition coefficient (Wildman–Crippen LogP) is 2.86. The van der Waals surface area contributed by atoms with E-state index in [1.807, 2.05) is 0 Å². The average Bonchev–Trinajstić information content (AvgIpc) is 2.48. The number of phenols is 1. The smallest absolute Gasteiger partial charge is 0.247 e. The molecule has 0 atom stereocenters. The monoisotopic (exact) mass is 306 g/mol. The van der Waals surface area contributed by atoms with Gasteiger partial charge in [-0.2, -0.15) is 0 Å². The number of aromatic nitrogens is 1. The molecule has 3 rings (SSSR count). The molecule has 0 bridgehead atoms. The highest BCUT2D eigenvalue weighted by Crippen LogP contribution is 2.40. The van der Waals surface area contributed by atoms with Crippen LogP contribution >= 0.6 is 11.6 Å². The van der Waals surface area contributed by atoms with E-state index in [1.54, 1.807) is 6.07 Å². The minimum atomic E-state index is -0.392. The summed E-state index contributed by atoms with van der Waals surface area (Å²) in [5, 5.41) is 21.4. The van der Waals surface area contributed by atoms with Gasteiger partial charge in [0.15, 0.2) is 0 Å². The van der Waals surface area contributed by atoms with E-state index in [9.17, 15) is 15.2 Å². The molecule has 1 aromatic carbocycles. The van der Waals surface area contributed by atoms with Crippen LogP contribution in [-0.2, 0) is 12.8 Å². The molecule has 0 aliphatic heterocycles. The Hall–Kier alpha value is -2.34. The molecule has 1 N–H and O–H groups in total. The normalized spacial score (nSPS) is 13.7. The van der Waals surface area contributed by atoms with Gasteiger partial charge in [0.25, 0.3) is 0 Å². The maximum atomic E-state index is 10.9. The summed E-state index contributed by atoms with van der Waals surface area (Å²) in [6.45, 7) is 0. The quantitative estimate of drug-likeness (QED) is 0.681. The summed E-state index contributed by atoms with van der Waals surface area (Å²) in [6, 6.07) is 3.10. The van der Waals surface area contributed by atoms with Gasteiger partial charge in [-0.3, -0.25) is 15.1 Å². The van der Waals surface area contributed by atoms with Crippen LogP contribution in [0.25, 0.3) is 10.9 Å². The number of benzene rings is 1. The van der Waals surface area contributed by atoms with E-state index in [2.05, 4.69) is 4.98 Å². The Labute approximate surface area is 124 Å². The van der Waals surface area contributed by atoms with Crippen molar-refractivity contribution in [2.24, 2.45) is 0 Å². The van der Waals surface area contributed by atoms with Crippen LogP contribution in [0.1, 0.15) is 11.3 Å². The number of pyridine rings is 1. The first-order chi connectivity index (χ1) is 10.0. The number of rotatable bonds is 2. The van der Waals surface area contributed by atoms with Crippen LogP contribution in [0.3, 0.4) is 0 Å². The molecule has 6 nitrogen and oxygen atoms in total. The van der Waals surface area contributed by atoms with Crippen LogP contribution in [0.2, 0.25) is 5.02 Å². The summed E-state index contributed by atoms with van der Waals surface area (Å²) in [5.41, 5.74) is 1.94. The minimum Gasteiger partial charge on any atom is -0.506 e. The molecule has 0 radical (unpaired) electrons. The van der Waals surface area contributed by atoms with Gasteiger partial charge in [0.05, 0.1) is 29.7 Å². The fourth-order valence-corrected chi connectivity index (χ4v) is 2.74. The third-order valence-electron chi connectivity index (χ3n) is 3.54. The lowest BCUT2D eigenvalue weighted by atomic mass is 9.96. The van der Waals surface area contributed by atoms with Crippen molar-refractivity contribution >= 4 is 22.5 Å². The Balaban J connectivity index is 2.29. The topological polar surface area (TPSA) is 85.5 Å². The van der Waals surface area contributed by atoms with Gasteiger partial charge in [-0.05, 0) is 18.2 Å². The Morgan fingerprint density at radius 3 is 2.90 bits per heavy atom. The van der Waals surface area contributed by atoms with Gasteiger partial charge >= 0.3 is 0 Å². The van der Waals surface area contributed by atoms with E-state index in [4.69, 9.17) is 16.3 Å². The van der Waals surface area contributed by atoms with Crippen molar-refractivity contribution in [2.75, 3.05) is 7.11 Å². The van der Waals surface area contributed by atoms with Gasteiger partial charge in [0.2, 0.25) is 5.70 Å². The molecule has 2 aromatic rings. The molecule has 0 unspecified atom stereocenters. The zero-order valence-electron chi connectivity index (χ0n) is 11.1. The van der Waals surface area contributed by atoms with Gasteiger partial charge in [0.1, 0.15) is 16.5 Å². The zero-order valence-corrected chi connectivity index (χ0v) is 11.8. The lowest BCUT2D eigenvalue weighted by Crippen LogP contribution is -2.13. The van der Waals surface area contributed by atoms with Crippen LogP contribution in [-0.4, -0.2) is 22.1 Å². The largest absolute Gasteiger partial charge is 0.506 e. The highest BCUT2D eigenvalue weighted by Gasteiger charge is 2.26. The number of ether oxygens (including phenoxy) is 1. The second kappa shape index (κ2) is 4.89. The van der Waals surface area contributed by atoms with Gasteiger partial charge in [-0.25, -0.2) is 0 Å². The molecule has 1 aliphatic carbocycles. The van der Waals surface area contributed by atoms with E-state index < -0.39 is 4.92 Å². The maximum Gasteiger partial charge on any atom is 0.247 e. The second-order valence-electron chi connectivity index (χ2n) is 4.70. The number of hydrogen-bond donors (Lipinski definition) is 1. The fourth-order valence-electron chi connectivity index (χ4n) is 2.53. The van der Waals surface area contributed by atoms with E-state index in [1.165, 1.54) is 19.3 Å². The second-order valence-corrected chi connectivity index (χ2v) is 5.08. The van der Waals surface area contributed by atoms with E-state index in [-0.39, 0.29) is 22.9 Å². The minimum absolute atomic E-state index is 0.0593. The molecule has 0 amide bonds. The number of aromatic hydroxyl groups is 1. The van der Waals surface area contributed by atoms with Crippen molar-refractivity contribution in [1.29, 1.82) is 0 Å². The molecule has 0 fully saturated rings. The van der Waals surface area contributed by atoms with Crippen molar-refractivity contribution in [3.63, 3.8) is 0 Å². The zero-order chi connectivity index (χ0) is 15.1.